The second kappa shape index (κ2) is 5.38. The summed E-state index contributed by atoms with van der Waals surface area (Å²) >= 11 is 0. The lowest BCUT2D eigenvalue weighted by atomic mass is 9.89. The second-order valence-electron chi connectivity index (χ2n) is 6.37. The predicted octanol–water partition coefficient (Wildman–Crippen LogP) is 0.940. The van der Waals surface area contributed by atoms with Crippen LogP contribution in [-0.4, -0.2) is 59.9 Å². The molecule has 0 aromatic rings. The average molecular weight is 270 g/mol. The van der Waals surface area contributed by atoms with Gasteiger partial charge in [-0.15, -0.1) is 0 Å². The van der Waals surface area contributed by atoms with Crippen molar-refractivity contribution in [2.24, 2.45) is 5.92 Å². The standard InChI is InChI=1S/C14H26N2O3/c1-4-15-14(12(17)18,11-5-6-11)9-16-7-8-19-10-13(16,2)3/h11,15H,4-10H2,1-3H3,(H,17,18). The number of nitrogens with zero attached hydrogens (tertiary/aromatic N) is 1. The number of rotatable bonds is 6. The maximum absolute atomic E-state index is 11.9. The minimum absolute atomic E-state index is 0.0940. The molecule has 1 saturated carbocycles. The van der Waals surface area contributed by atoms with E-state index in [1.165, 1.54) is 0 Å². The monoisotopic (exact) mass is 270 g/mol. The Kier molecular flexibility index (Phi) is 4.18. The summed E-state index contributed by atoms with van der Waals surface area (Å²) in [5.41, 5.74) is -0.882. The van der Waals surface area contributed by atoms with Crippen LogP contribution in [0.5, 0.6) is 0 Å². The highest BCUT2D eigenvalue weighted by molar-refractivity contribution is 5.80. The maximum Gasteiger partial charge on any atom is 0.325 e. The van der Waals surface area contributed by atoms with Gasteiger partial charge in [0, 0.05) is 18.6 Å². The highest BCUT2D eigenvalue weighted by atomic mass is 16.5. The van der Waals surface area contributed by atoms with E-state index < -0.39 is 11.5 Å². The van der Waals surface area contributed by atoms with Gasteiger partial charge in [-0.1, -0.05) is 6.92 Å². The van der Waals surface area contributed by atoms with Crippen LogP contribution >= 0.6 is 0 Å². The second-order valence-corrected chi connectivity index (χ2v) is 6.37. The van der Waals surface area contributed by atoms with Gasteiger partial charge in [0.25, 0.3) is 0 Å². The normalized spacial score (nSPS) is 26.9. The number of morpholine rings is 1. The number of aliphatic carboxylic acids is 1. The van der Waals surface area contributed by atoms with Crippen LogP contribution < -0.4 is 5.32 Å². The molecule has 0 spiro atoms. The van der Waals surface area contributed by atoms with Crippen molar-refractivity contribution in [1.82, 2.24) is 10.2 Å². The zero-order valence-corrected chi connectivity index (χ0v) is 12.2. The third-order valence-electron chi connectivity index (χ3n) is 4.41. The van der Waals surface area contributed by atoms with Crippen molar-refractivity contribution in [3.8, 4) is 0 Å². The molecule has 1 heterocycles. The Balaban J connectivity index is 2.17. The third-order valence-corrected chi connectivity index (χ3v) is 4.41. The molecule has 1 aliphatic heterocycles. The molecule has 2 fully saturated rings. The van der Waals surface area contributed by atoms with Gasteiger partial charge in [0.15, 0.2) is 0 Å². The molecule has 0 aromatic carbocycles. The van der Waals surface area contributed by atoms with Crippen LogP contribution in [0.4, 0.5) is 0 Å². The van der Waals surface area contributed by atoms with Gasteiger partial charge in [0.05, 0.1) is 13.2 Å². The van der Waals surface area contributed by atoms with Crippen LogP contribution in [0, 0.1) is 5.92 Å². The Hall–Kier alpha value is -0.650. The van der Waals surface area contributed by atoms with Crippen molar-refractivity contribution in [2.75, 3.05) is 32.8 Å². The zero-order valence-electron chi connectivity index (χ0n) is 12.2. The quantitative estimate of drug-likeness (QED) is 0.752. The molecule has 1 aliphatic carbocycles. The number of nitrogens with one attached hydrogen (secondary N) is 1. The lowest BCUT2D eigenvalue weighted by molar-refractivity contribution is -0.149. The molecule has 5 heteroatoms. The molecule has 110 valence electrons. The van der Waals surface area contributed by atoms with Gasteiger partial charge in [-0.05, 0) is 39.2 Å². The molecule has 0 bridgehead atoms. The smallest absolute Gasteiger partial charge is 0.325 e. The molecule has 1 unspecified atom stereocenters. The summed E-state index contributed by atoms with van der Waals surface area (Å²) in [4.78, 5) is 14.1. The summed E-state index contributed by atoms with van der Waals surface area (Å²) in [7, 11) is 0. The largest absolute Gasteiger partial charge is 0.480 e. The van der Waals surface area contributed by atoms with E-state index >= 15 is 0 Å². The highest BCUT2D eigenvalue weighted by Crippen LogP contribution is 2.41. The van der Waals surface area contributed by atoms with Crippen molar-refractivity contribution in [1.29, 1.82) is 0 Å². The fourth-order valence-electron chi connectivity index (χ4n) is 3.02. The van der Waals surface area contributed by atoms with Crippen molar-refractivity contribution >= 4 is 5.97 Å². The SMILES string of the molecule is CCNC(CN1CCOCC1(C)C)(C(=O)O)C1CC1. The van der Waals surface area contributed by atoms with Crippen molar-refractivity contribution < 1.29 is 14.6 Å². The Labute approximate surface area is 115 Å². The summed E-state index contributed by atoms with van der Waals surface area (Å²) in [5.74, 6) is -0.442. The fraction of sp³-hybridized carbons (Fsp3) is 0.929. The minimum Gasteiger partial charge on any atom is -0.480 e. The molecule has 2 aliphatic rings. The number of hydrogen-bond acceptors (Lipinski definition) is 4. The lowest BCUT2D eigenvalue weighted by Crippen LogP contribution is -2.65. The Bertz CT molecular complexity index is 342. The van der Waals surface area contributed by atoms with Crippen LogP contribution in [0.2, 0.25) is 0 Å². The molecule has 2 rings (SSSR count). The fourth-order valence-corrected chi connectivity index (χ4v) is 3.02. The van der Waals surface area contributed by atoms with E-state index in [0.29, 0.717) is 26.3 Å². The molecular weight excluding hydrogens is 244 g/mol. The molecule has 5 nitrogen and oxygen atoms in total. The van der Waals surface area contributed by atoms with Gasteiger partial charge in [0.2, 0.25) is 0 Å². The van der Waals surface area contributed by atoms with Gasteiger partial charge in [-0.3, -0.25) is 9.69 Å². The lowest BCUT2D eigenvalue weighted by Gasteiger charge is -2.46. The molecule has 2 N–H and O–H groups in total. The molecule has 0 amide bonds. The van der Waals surface area contributed by atoms with Crippen LogP contribution in [0.15, 0.2) is 0 Å². The molecule has 0 aromatic heterocycles. The van der Waals surface area contributed by atoms with E-state index in [-0.39, 0.29) is 11.5 Å². The number of carbonyl (C=O) groups is 1. The Morgan fingerprint density at radius 3 is 2.68 bits per heavy atom. The number of ether oxygens (including phenoxy) is 1. The zero-order chi connectivity index (χ0) is 14.1. The van der Waals surface area contributed by atoms with Gasteiger partial charge in [-0.2, -0.15) is 0 Å². The first kappa shape index (κ1) is 14.8. The number of hydrogen-bond donors (Lipinski definition) is 2. The van der Waals surface area contributed by atoms with Crippen molar-refractivity contribution in [3.05, 3.63) is 0 Å². The van der Waals surface area contributed by atoms with Gasteiger partial charge < -0.3 is 15.2 Å². The first-order chi connectivity index (χ1) is 8.92. The first-order valence-electron chi connectivity index (χ1n) is 7.23. The number of likely N-dealkylation sites (N-methyl/N-ethyl adjacent to an activating group) is 1. The Morgan fingerprint density at radius 2 is 2.21 bits per heavy atom. The van der Waals surface area contributed by atoms with Crippen LogP contribution in [0.1, 0.15) is 33.6 Å². The number of carboxylic acids is 1. The molecule has 0 radical (unpaired) electrons. The van der Waals surface area contributed by atoms with Crippen molar-refractivity contribution in [3.63, 3.8) is 0 Å². The molecule has 1 saturated heterocycles. The van der Waals surface area contributed by atoms with Crippen LogP contribution in [-0.2, 0) is 9.53 Å². The molecule has 1 atom stereocenters. The summed E-state index contributed by atoms with van der Waals surface area (Å²) in [6.45, 7) is 9.64. The first-order valence-corrected chi connectivity index (χ1v) is 7.23. The molecular formula is C14H26N2O3. The maximum atomic E-state index is 11.9. The average Bonchev–Trinajstić information content (AvgIpc) is 3.14. The van der Waals surface area contributed by atoms with Gasteiger partial charge in [0.1, 0.15) is 5.54 Å². The van der Waals surface area contributed by atoms with E-state index in [1.807, 2.05) is 6.92 Å². The van der Waals surface area contributed by atoms with E-state index in [9.17, 15) is 9.90 Å². The number of carboxylic acid groups (broad SMARTS) is 1. The van der Waals surface area contributed by atoms with Crippen LogP contribution in [0.3, 0.4) is 0 Å². The van der Waals surface area contributed by atoms with Crippen LogP contribution in [0.25, 0.3) is 0 Å². The summed E-state index contributed by atoms with van der Waals surface area (Å²) in [5, 5.41) is 13.0. The van der Waals surface area contributed by atoms with Gasteiger partial charge in [-0.25, -0.2) is 0 Å². The topological polar surface area (TPSA) is 61.8 Å². The van der Waals surface area contributed by atoms with E-state index in [0.717, 1.165) is 19.4 Å². The summed E-state index contributed by atoms with van der Waals surface area (Å²) < 4.78 is 5.52. The van der Waals surface area contributed by atoms with E-state index in [2.05, 4.69) is 24.1 Å². The summed E-state index contributed by atoms with van der Waals surface area (Å²) in [6, 6.07) is 0. The molecule has 19 heavy (non-hydrogen) atoms. The van der Waals surface area contributed by atoms with E-state index in [1.54, 1.807) is 0 Å². The predicted molar refractivity (Wildman–Crippen MR) is 73.2 cm³/mol. The van der Waals surface area contributed by atoms with Gasteiger partial charge >= 0.3 is 5.97 Å². The summed E-state index contributed by atoms with van der Waals surface area (Å²) in [6.07, 6.45) is 2.04. The highest BCUT2D eigenvalue weighted by Gasteiger charge is 2.53. The minimum atomic E-state index is -0.788. The van der Waals surface area contributed by atoms with E-state index in [4.69, 9.17) is 4.74 Å². The van der Waals surface area contributed by atoms with Crippen molar-refractivity contribution in [2.45, 2.75) is 44.7 Å². The Morgan fingerprint density at radius 1 is 1.53 bits per heavy atom. The third kappa shape index (κ3) is 2.93.